The average Bonchev–Trinajstić information content (AvgIpc) is 3.19. The van der Waals surface area contributed by atoms with Crippen LogP contribution in [0, 0.1) is 5.92 Å². The highest BCUT2D eigenvalue weighted by Crippen LogP contribution is 2.33. The Kier molecular flexibility index (Phi) is 7.91. The molecule has 2 aromatic carbocycles. The predicted molar refractivity (Wildman–Crippen MR) is 135 cm³/mol. The van der Waals surface area contributed by atoms with Gasteiger partial charge in [0.15, 0.2) is 0 Å². The minimum Gasteiger partial charge on any atom is -0.385 e. The summed E-state index contributed by atoms with van der Waals surface area (Å²) < 4.78 is 0. The van der Waals surface area contributed by atoms with Crippen LogP contribution in [0.2, 0.25) is 5.02 Å². The first-order valence-corrected chi connectivity index (χ1v) is 12.5. The Morgan fingerprint density at radius 3 is 2.38 bits per heavy atom. The fourth-order valence-corrected chi connectivity index (χ4v) is 5.15. The second kappa shape index (κ2) is 10.9. The fraction of sp³-hybridized carbons (Fsp3) is 0.481. The number of piperidine rings is 1. The molecular weight excluding hydrogens is 450 g/mol. The Bertz CT molecular complexity index is 974. The molecule has 2 aliphatic heterocycles. The van der Waals surface area contributed by atoms with E-state index in [1.54, 1.807) is 11.9 Å². The van der Waals surface area contributed by atoms with E-state index >= 15 is 0 Å². The molecule has 2 saturated heterocycles. The number of carbonyl (C=O) groups excluding carboxylic acids is 2. The average molecular weight is 484 g/mol. The van der Waals surface area contributed by atoms with Crippen LogP contribution in [0.15, 0.2) is 54.6 Å². The normalized spacial score (nSPS) is 20.5. The highest BCUT2D eigenvalue weighted by atomic mass is 35.5. The van der Waals surface area contributed by atoms with Gasteiger partial charge in [-0.1, -0.05) is 41.9 Å². The van der Waals surface area contributed by atoms with Crippen molar-refractivity contribution >= 4 is 29.1 Å². The summed E-state index contributed by atoms with van der Waals surface area (Å²) in [5, 5.41) is 11.8. The van der Waals surface area contributed by atoms with Crippen molar-refractivity contribution in [2.75, 3.05) is 44.7 Å². The van der Waals surface area contributed by atoms with Gasteiger partial charge in [-0.25, -0.2) is 0 Å². The first-order chi connectivity index (χ1) is 16.4. The lowest BCUT2D eigenvalue weighted by atomic mass is 9.84. The summed E-state index contributed by atoms with van der Waals surface area (Å²) >= 11 is 5.99. The number of unbranched alkanes of at least 4 members (excludes halogenated alkanes) is 1. The molecule has 7 heteroatoms. The van der Waals surface area contributed by atoms with Gasteiger partial charge < -0.3 is 19.8 Å². The summed E-state index contributed by atoms with van der Waals surface area (Å²) in [6, 6.07) is 17.3. The lowest BCUT2D eigenvalue weighted by Gasteiger charge is -2.38. The van der Waals surface area contributed by atoms with Crippen molar-refractivity contribution in [3.8, 4) is 0 Å². The van der Waals surface area contributed by atoms with E-state index in [0.717, 1.165) is 43.7 Å². The van der Waals surface area contributed by atoms with Gasteiger partial charge in [-0.2, -0.15) is 0 Å². The molecule has 1 atom stereocenters. The lowest BCUT2D eigenvalue weighted by molar-refractivity contribution is -0.127. The predicted octanol–water partition coefficient (Wildman–Crippen LogP) is 3.92. The van der Waals surface area contributed by atoms with Crippen LogP contribution in [0.3, 0.4) is 0 Å². The Hall–Kier alpha value is -2.41. The van der Waals surface area contributed by atoms with Crippen molar-refractivity contribution in [3.63, 3.8) is 0 Å². The zero-order valence-electron chi connectivity index (χ0n) is 19.8. The molecule has 0 radical (unpaired) electrons. The van der Waals surface area contributed by atoms with Crippen LogP contribution >= 0.6 is 11.6 Å². The molecule has 34 heavy (non-hydrogen) atoms. The molecule has 6 nitrogen and oxygen atoms in total. The number of hydrogen-bond donors (Lipinski definition) is 1. The van der Waals surface area contributed by atoms with Gasteiger partial charge in [0.1, 0.15) is 0 Å². The molecule has 0 spiro atoms. The summed E-state index contributed by atoms with van der Waals surface area (Å²) in [4.78, 5) is 31.1. The number of para-hydroxylation sites is 1. The maximum absolute atomic E-state index is 13.3. The van der Waals surface area contributed by atoms with Crippen LogP contribution < -0.4 is 4.90 Å². The van der Waals surface area contributed by atoms with E-state index in [4.69, 9.17) is 11.6 Å². The maximum atomic E-state index is 13.3. The van der Waals surface area contributed by atoms with Crippen LogP contribution in [0.4, 0.5) is 5.69 Å². The van der Waals surface area contributed by atoms with E-state index in [-0.39, 0.29) is 17.7 Å². The summed E-state index contributed by atoms with van der Waals surface area (Å²) in [5.74, 6) is -0.199. The third-order valence-electron chi connectivity index (χ3n) is 7.20. The van der Waals surface area contributed by atoms with Crippen molar-refractivity contribution < 1.29 is 14.7 Å². The van der Waals surface area contributed by atoms with Gasteiger partial charge in [-0.15, -0.1) is 0 Å². The molecule has 0 aliphatic carbocycles. The van der Waals surface area contributed by atoms with E-state index in [1.807, 2.05) is 59.5 Å². The molecule has 0 aromatic heterocycles. The van der Waals surface area contributed by atoms with E-state index in [1.165, 1.54) is 0 Å². The van der Waals surface area contributed by atoms with Gasteiger partial charge >= 0.3 is 0 Å². The zero-order valence-corrected chi connectivity index (χ0v) is 20.6. The number of nitrogens with zero attached hydrogens (tertiary/aromatic N) is 3. The molecule has 1 N–H and O–H groups in total. The number of anilines is 1. The van der Waals surface area contributed by atoms with E-state index in [2.05, 4.69) is 4.90 Å². The molecular formula is C27H34ClN3O3. The summed E-state index contributed by atoms with van der Waals surface area (Å²) in [6.07, 6.45) is 3.55. The van der Waals surface area contributed by atoms with Crippen LogP contribution in [-0.2, 0) is 15.2 Å². The Balaban J connectivity index is 1.27. The van der Waals surface area contributed by atoms with Crippen molar-refractivity contribution in [1.29, 1.82) is 0 Å². The SMILES string of the molecule is CN1CC(C(=O)N(CCCCN2CCC(O)(c3ccc(Cl)cc3)CC2)c2ccccc2)CC1=O. The number of carbonyl (C=O) groups is 2. The molecule has 2 aromatic rings. The molecule has 0 bridgehead atoms. The second-order valence-corrected chi connectivity index (χ2v) is 10.0. The van der Waals surface area contributed by atoms with Crippen molar-refractivity contribution in [1.82, 2.24) is 9.80 Å². The third kappa shape index (κ3) is 5.80. The molecule has 0 saturated carbocycles. The van der Waals surface area contributed by atoms with Gasteiger partial charge in [0.2, 0.25) is 11.8 Å². The van der Waals surface area contributed by atoms with Gasteiger partial charge in [-0.05, 0) is 62.1 Å². The van der Waals surface area contributed by atoms with Crippen molar-refractivity contribution in [2.45, 2.75) is 37.7 Å². The van der Waals surface area contributed by atoms with Crippen molar-refractivity contribution in [2.24, 2.45) is 5.92 Å². The van der Waals surface area contributed by atoms with Crippen molar-refractivity contribution in [3.05, 3.63) is 65.2 Å². The Morgan fingerprint density at radius 1 is 1.09 bits per heavy atom. The standard InChI is InChI=1S/C27H34ClN3O3/c1-29-20-21(19-25(29)32)26(33)31(24-7-3-2-4-8-24)16-6-5-15-30-17-13-27(34,14-18-30)22-9-11-23(28)12-10-22/h2-4,7-12,21,34H,5-6,13-20H2,1H3. The number of halogens is 1. The van der Waals surface area contributed by atoms with E-state index in [0.29, 0.717) is 37.4 Å². The molecule has 2 fully saturated rings. The molecule has 2 amide bonds. The third-order valence-corrected chi connectivity index (χ3v) is 7.45. The molecule has 182 valence electrons. The summed E-state index contributed by atoms with van der Waals surface area (Å²) in [6.45, 7) is 3.76. The van der Waals surface area contributed by atoms with E-state index < -0.39 is 5.60 Å². The molecule has 2 aliphatic rings. The minimum absolute atomic E-state index is 0.0369. The number of hydrogen-bond acceptors (Lipinski definition) is 4. The molecule has 2 heterocycles. The first-order valence-electron chi connectivity index (χ1n) is 12.2. The number of likely N-dealkylation sites (tertiary alicyclic amines) is 2. The quantitative estimate of drug-likeness (QED) is 0.578. The van der Waals surface area contributed by atoms with Gasteiger partial charge in [0, 0.05) is 50.4 Å². The highest BCUT2D eigenvalue weighted by molar-refractivity contribution is 6.30. The van der Waals surface area contributed by atoms with Crippen LogP contribution in [0.5, 0.6) is 0 Å². The van der Waals surface area contributed by atoms with Crippen LogP contribution in [0.1, 0.15) is 37.7 Å². The van der Waals surface area contributed by atoms with Gasteiger partial charge in [0.25, 0.3) is 0 Å². The topological polar surface area (TPSA) is 64.1 Å². The highest BCUT2D eigenvalue weighted by Gasteiger charge is 2.36. The first kappa shape index (κ1) is 24.7. The Labute approximate surface area is 207 Å². The minimum atomic E-state index is -0.788. The number of rotatable bonds is 8. The number of benzene rings is 2. The van der Waals surface area contributed by atoms with E-state index in [9.17, 15) is 14.7 Å². The monoisotopic (exact) mass is 483 g/mol. The lowest BCUT2D eigenvalue weighted by Crippen LogP contribution is -2.43. The van der Waals surface area contributed by atoms with Gasteiger partial charge in [0.05, 0.1) is 11.5 Å². The largest absolute Gasteiger partial charge is 0.385 e. The number of aliphatic hydroxyl groups is 1. The van der Waals surface area contributed by atoms with Crippen LogP contribution in [-0.4, -0.2) is 66.5 Å². The summed E-state index contributed by atoms with van der Waals surface area (Å²) in [5.41, 5.74) is 1.04. The zero-order chi connectivity index (χ0) is 24.1. The smallest absolute Gasteiger partial charge is 0.232 e. The second-order valence-electron chi connectivity index (χ2n) is 9.59. The van der Waals surface area contributed by atoms with Crippen LogP contribution in [0.25, 0.3) is 0 Å². The Morgan fingerprint density at radius 2 is 1.76 bits per heavy atom. The van der Waals surface area contributed by atoms with Gasteiger partial charge in [-0.3, -0.25) is 9.59 Å². The molecule has 1 unspecified atom stereocenters. The summed E-state index contributed by atoms with van der Waals surface area (Å²) in [7, 11) is 1.76. The maximum Gasteiger partial charge on any atom is 0.232 e. The number of amides is 2. The molecule has 4 rings (SSSR count). The fourth-order valence-electron chi connectivity index (χ4n) is 5.02.